The Morgan fingerprint density at radius 1 is 1.67 bits per heavy atom. The Morgan fingerprint density at radius 2 is 2.44 bits per heavy atom. The van der Waals surface area contributed by atoms with Crippen LogP contribution in [0.2, 0.25) is 5.15 Å². The molecule has 0 radical (unpaired) electrons. The van der Waals surface area contributed by atoms with E-state index in [9.17, 15) is 0 Å². The molecule has 0 aromatic carbocycles. The molecule has 1 saturated heterocycles. The van der Waals surface area contributed by atoms with Crippen LogP contribution in [0.5, 0.6) is 0 Å². The van der Waals surface area contributed by atoms with Gasteiger partial charge in [0.25, 0.3) is 0 Å². The van der Waals surface area contributed by atoms with Crippen LogP contribution in [0.4, 0.5) is 5.13 Å². The largest absolute Gasteiger partial charge is 0.361 e. The number of nitrogens with zero attached hydrogens (tertiary/aromatic N) is 3. The van der Waals surface area contributed by atoms with Crippen LogP contribution < -0.4 is 5.32 Å². The molecule has 0 aliphatic carbocycles. The van der Waals surface area contributed by atoms with Gasteiger partial charge in [-0.3, -0.25) is 0 Å². The van der Waals surface area contributed by atoms with E-state index in [1.54, 1.807) is 0 Å². The van der Waals surface area contributed by atoms with Crippen molar-refractivity contribution in [2.75, 3.05) is 25.0 Å². The Bertz CT molecular complexity index is 451. The van der Waals surface area contributed by atoms with Crippen molar-refractivity contribution in [1.29, 1.82) is 5.26 Å². The summed E-state index contributed by atoms with van der Waals surface area (Å²) in [5.41, 5.74) is 0. The molecule has 1 aliphatic heterocycles. The second-order valence-corrected chi connectivity index (χ2v) is 6.23. The second kappa shape index (κ2) is 5.87. The molecular weight excluding hydrogens is 268 g/mol. The van der Waals surface area contributed by atoms with Crippen molar-refractivity contribution >= 4 is 28.1 Å². The van der Waals surface area contributed by atoms with Gasteiger partial charge in [-0.2, -0.15) is 5.26 Å². The third kappa shape index (κ3) is 3.14. The first-order valence-corrected chi connectivity index (χ1v) is 7.34. The molecule has 18 heavy (non-hydrogen) atoms. The van der Waals surface area contributed by atoms with Gasteiger partial charge in [0.2, 0.25) is 0 Å². The first-order valence-electron chi connectivity index (χ1n) is 6.14. The van der Waals surface area contributed by atoms with E-state index in [4.69, 9.17) is 16.9 Å². The molecule has 0 bridgehead atoms. The molecule has 98 valence electrons. The molecule has 0 saturated carbocycles. The lowest BCUT2D eigenvalue weighted by atomic mass is 10.1. The number of nitrogens with one attached hydrogen (secondary N) is 1. The lowest BCUT2D eigenvalue weighted by Gasteiger charge is -2.20. The average molecular weight is 285 g/mol. The number of rotatable bonds is 4. The van der Waals surface area contributed by atoms with Crippen molar-refractivity contribution in [1.82, 2.24) is 9.88 Å². The summed E-state index contributed by atoms with van der Waals surface area (Å²) in [6, 6.07) is 2.66. The molecule has 0 amide bonds. The fraction of sp³-hybridized carbons (Fsp3) is 0.667. The summed E-state index contributed by atoms with van der Waals surface area (Å²) in [4.78, 5) is 7.10. The molecule has 1 atom stereocenters. The molecule has 1 aromatic heterocycles. The number of nitriles is 1. The molecule has 2 heterocycles. The van der Waals surface area contributed by atoms with Crippen molar-refractivity contribution in [3.63, 3.8) is 0 Å². The van der Waals surface area contributed by atoms with Gasteiger partial charge in [-0.1, -0.05) is 22.9 Å². The third-order valence-corrected chi connectivity index (χ3v) is 4.58. The minimum Gasteiger partial charge on any atom is -0.361 e. The Labute approximate surface area is 117 Å². The van der Waals surface area contributed by atoms with Gasteiger partial charge in [0.1, 0.15) is 10.9 Å². The summed E-state index contributed by atoms with van der Waals surface area (Å²) in [5, 5.41) is 13.2. The Kier molecular flexibility index (Phi) is 4.44. The van der Waals surface area contributed by atoms with Crippen LogP contribution in [-0.4, -0.2) is 35.6 Å². The standard InChI is InChI=1S/C12H17ClN4S/c1-8(2)17-4-3-9(7-17)6-15-12-16-11(13)10(5-14)18-12/h8-9H,3-4,6-7H2,1-2H3,(H,15,16). The van der Waals surface area contributed by atoms with Crippen LogP contribution in [0.15, 0.2) is 0 Å². The van der Waals surface area contributed by atoms with E-state index in [0.29, 0.717) is 22.0 Å². The van der Waals surface area contributed by atoms with Crippen molar-refractivity contribution in [2.24, 2.45) is 5.92 Å². The highest BCUT2D eigenvalue weighted by Crippen LogP contribution is 2.26. The van der Waals surface area contributed by atoms with Crippen molar-refractivity contribution in [2.45, 2.75) is 26.3 Å². The van der Waals surface area contributed by atoms with Gasteiger partial charge >= 0.3 is 0 Å². The summed E-state index contributed by atoms with van der Waals surface area (Å²) >= 11 is 7.15. The zero-order valence-corrected chi connectivity index (χ0v) is 12.2. The maximum absolute atomic E-state index is 8.81. The predicted octanol–water partition coefficient (Wildman–Crippen LogP) is 2.81. The highest BCUT2D eigenvalue weighted by atomic mass is 35.5. The van der Waals surface area contributed by atoms with Gasteiger partial charge in [0.15, 0.2) is 10.3 Å². The van der Waals surface area contributed by atoms with Crippen LogP contribution in [-0.2, 0) is 0 Å². The zero-order chi connectivity index (χ0) is 13.1. The predicted molar refractivity (Wildman–Crippen MR) is 75.1 cm³/mol. The quantitative estimate of drug-likeness (QED) is 0.924. The maximum atomic E-state index is 8.81. The van der Waals surface area contributed by atoms with Crippen molar-refractivity contribution in [3.8, 4) is 6.07 Å². The van der Waals surface area contributed by atoms with E-state index in [1.165, 1.54) is 24.3 Å². The average Bonchev–Trinajstić information content (AvgIpc) is 2.92. The van der Waals surface area contributed by atoms with Gasteiger partial charge < -0.3 is 10.2 Å². The minimum atomic E-state index is 0.306. The SMILES string of the molecule is CC(C)N1CCC(CNc2nc(Cl)c(C#N)s2)C1. The van der Waals surface area contributed by atoms with Crippen molar-refractivity contribution in [3.05, 3.63) is 10.0 Å². The fourth-order valence-electron chi connectivity index (χ4n) is 2.18. The maximum Gasteiger partial charge on any atom is 0.185 e. The highest BCUT2D eigenvalue weighted by molar-refractivity contribution is 7.16. The van der Waals surface area contributed by atoms with Gasteiger partial charge in [-0.25, -0.2) is 4.98 Å². The minimum absolute atomic E-state index is 0.306. The van der Waals surface area contributed by atoms with Gasteiger partial charge in [-0.05, 0) is 32.7 Å². The van der Waals surface area contributed by atoms with E-state index < -0.39 is 0 Å². The van der Waals surface area contributed by atoms with E-state index >= 15 is 0 Å². The first-order chi connectivity index (χ1) is 8.60. The molecule has 1 N–H and O–H groups in total. The second-order valence-electron chi connectivity index (χ2n) is 4.88. The molecular formula is C12H17ClN4S. The summed E-state index contributed by atoms with van der Waals surface area (Å²) in [6.07, 6.45) is 1.22. The Balaban J connectivity index is 1.84. The number of anilines is 1. The summed E-state index contributed by atoms with van der Waals surface area (Å²) in [6.45, 7) is 7.67. The fourth-order valence-corrected chi connectivity index (χ4v) is 3.13. The van der Waals surface area contributed by atoms with Crippen LogP contribution in [0.1, 0.15) is 25.1 Å². The van der Waals surface area contributed by atoms with Crippen LogP contribution in [0, 0.1) is 17.2 Å². The number of hydrogen-bond donors (Lipinski definition) is 1. The van der Waals surface area contributed by atoms with E-state index in [2.05, 4.69) is 29.0 Å². The number of aromatic nitrogens is 1. The third-order valence-electron chi connectivity index (χ3n) is 3.28. The smallest absolute Gasteiger partial charge is 0.185 e. The van der Waals surface area contributed by atoms with Gasteiger partial charge in [0, 0.05) is 19.1 Å². The van der Waals surface area contributed by atoms with Crippen molar-refractivity contribution < 1.29 is 0 Å². The molecule has 1 aromatic rings. The van der Waals surface area contributed by atoms with Crippen LogP contribution in [0.25, 0.3) is 0 Å². The normalized spacial score (nSPS) is 20.3. The highest BCUT2D eigenvalue weighted by Gasteiger charge is 2.24. The first kappa shape index (κ1) is 13.6. The Hall–Kier alpha value is -0.830. The molecule has 4 nitrogen and oxygen atoms in total. The van der Waals surface area contributed by atoms with E-state index in [0.717, 1.165) is 18.2 Å². The number of likely N-dealkylation sites (tertiary alicyclic amines) is 1. The summed E-state index contributed by atoms with van der Waals surface area (Å²) in [7, 11) is 0. The number of halogens is 1. The summed E-state index contributed by atoms with van der Waals surface area (Å²) < 4.78 is 0. The lowest BCUT2D eigenvalue weighted by Crippen LogP contribution is -2.29. The van der Waals surface area contributed by atoms with E-state index in [-0.39, 0.29) is 0 Å². The molecule has 1 unspecified atom stereocenters. The van der Waals surface area contributed by atoms with Gasteiger partial charge in [0.05, 0.1) is 0 Å². The summed E-state index contributed by atoms with van der Waals surface area (Å²) in [5.74, 6) is 0.653. The Morgan fingerprint density at radius 3 is 3.00 bits per heavy atom. The zero-order valence-electron chi connectivity index (χ0n) is 10.6. The molecule has 2 rings (SSSR count). The number of hydrogen-bond acceptors (Lipinski definition) is 5. The van der Waals surface area contributed by atoms with Gasteiger partial charge in [-0.15, -0.1) is 0 Å². The molecule has 6 heteroatoms. The molecule has 0 spiro atoms. The monoisotopic (exact) mass is 284 g/mol. The molecule has 1 aliphatic rings. The van der Waals surface area contributed by atoms with Crippen LogP contribution in [0.3, 0.4) is 0 Å². The lowest BCUT2D eigenvalue weighted by molar-refractivity contribution is 0.266. The number of thiazole rings is 1. The molecule has 1 fully saturated rings. The van der Waals surface area contributed by atoms with E-state index in [1.807, 2.05) is 6.07 Å². The van der Waals surface area contributed by atoms with Crippen LogP contribution >= 0.6 is 22.9 Å². The topological polar surface area (TPSA) is 52.0 Å².